The maximum absolute atomic E-state index is 5.57. The quantitative estimate of drug-likeness (QED) is 0.819. The molecular weight excluding hydrogens is 360 g/mol. The Balaban J connectivity index is 1.88. The van der Waals surface area contributed by atoms with Crippen LogP contribution in [0.2, 0.25) is 0 Å². The van der Waals surface area contributed by atoms with Crippen molar-refractivity contribution in [3.05, 3.63) is 64.7 Å². The number of allylic oxidation sites excluding steroid dienone is 1. The minimum absolute atomic E-state index is 0.00857. The summed E-state index contributed by atoms with van der Waals surface area (Å²) in [7, 11) is 3.36. The van der Waals surface area contributed by atoms with Gasteiger partial charge in [-0.05, 0) is 69.9 Å². The Morgan fingerprint density at radius 1 is 0.897 bits per heavy atom. The van der Waals surface area contributed by atoms with Gasteiger partial charge in [-0.15, -0.1) is 0 Å². The number of benzene rings is 2. The Morgan fingerprint density at radius 3 is 2.31 bits per heavy atom. The minimum atomic E-state index is -0.178. The van der Waals surface area contributed by atoms with E-state index in [4.69, 9.17) is 14.5 Å². The van der Waals surface area contributed by atoms with E-state index in [1.807, 2.05) is 0 Å². The average Bonchev–Trinajstić information content (AvgIpc) is 2.65. The van der Waals surface area contributed by atoms with Crippen molar-refractivity contribution in [1.82, 2.24) is 5.32 Å². The van der Waals surface area contributed by atoms with Crippen molar-refractivity contribution in [2.75, 3.05) is 14.2 Å². The Hall–Kier alpha value is -2.75. The zero-order chi connectivity index (χ0) is 20.8. The summed E-state index contributed by atoms with van der Waals surface area (Å²) in [6.07, 6.45) is 4.07. The number of hydrogen-bond donors (Lipinski definition) is 1. The van der Waals surface area contributed by atoms with E-state index in [1.54, 1.807) is 14.2 Å². The van der Waals surface area contributed by atoms with Crippen molar-refractivity contribution in [2.24, 2.45) is 4.99 Å². The molecule has 4 nitrogen and oxygen atoms in total. The molecule has 0 bridgehead atoms. The number of hydrogen-bond acceptors (Lipinski definition) is 4. The normalized spacial score (nSPS) is 20.2. The van der Waals surface area contributed by atoms with Crippen LogP contribution in [-0.2, 0) is 12.8 Å². The molecule has 29 heavy (non-hydrogen) atoms. The molecule has 2 aliphatic heterocycles. The highest BCUT2D eigenvalue weighted by molar-refractivity contribution is 6.14. The van der Waals surface area contributed by atoms with E-state index < -0.39 is 0 Å². The fourth-order valence-electron chi connectivity index (χ4n) is 4.45. The van der Waals surface area contributed by atoms with Crippen LogP contribution in [0.4, 0.5) is 0 Å². The molecule has 152 valence electrons. The van der Waals surface area contributed by atoms with Crippen molar-refractivity contribution in [3.8, 4) is 11.5 Å². The number of nitrogens with one attached hydrogen (secondary N) is 1. The van der Waals surface area contributed by atoms with Crippen molar-refractivity contribution in [3.63, 3.8) is 0 Å². The highest BCUT2D eigenvalue weighted by Crippen LogP contribution is 2.37. The summed E-state index contributed by atoms with van der Waals surface area (Å²) in [5.41, 5.74) is 6.87. The summed E-state index contributed by atoms with van der Waals surface area (Å²) in [6.45, 7) is 8.84. The van der Waals surface area contributed by atoms with Gasteiger partial charge in [0.1, 0.15) is 0 Å². The average molecular weight is 391 g/mol. The lowest BCUT2D eigenvalue weighted by Gasteiger charge is -2.36. The maximum Gasteiger partial charge on any atom is 0.161 e. The molecule has 2 aromatic rings. The fraction of sp³-hybridized carbons (Fsp3) is 0.400. The molecular formula is C25H30N2O2. The predicted molar refractivity (Wildman–Crippen MR) is 119 cm³/mol. The van der Waals surface area contributed by atoms with Crippen LogP contribution in [-0.4, -0.2) is 31.0 Å². The van der Waals surface area contributed by atoms with Gasteiger partial charge in [0.05, 0.1) is 25.5 Å². The standard InChI is InChI=1S/C25H30N2O2/c1-24(2)14-16-9-7-8-10-18(16)20(26-24)13-21-19-12-23(29-6)22(28-5)11-17(19)15-25(3,4)27-21/h7-13,26H,14-15H2,1-6H3/b20-13-. The molecule has 0 unspecified atom stereocenters. The predicted octanol–water partition coefficient (Wildman–Crippen LogP) is 4.79. The van der Waals surface area contributed by atoms with Crippen LogP contribution in [0, 0.1) is 0 Å². The van der Waals surface area contributed by atoms with E-state index in [9.17, 15) is 0 Å². The second-order valence-electron chi connectivity index (χ2n) is 9.25. The lowest BCUT2D eigenvalue weighted by atomic mass is 9.83. The molecule has 0 saturated carbocycles. The van der Waals surface area contributed by atoms with Crippen LogP contribution in [0.3, 0.4) is 0 Å². The topological polar surface area (TPSA) is 42.9 Å². The maximum atomic E-state index is 5.57. The first-order valence-corrected chi connectivity index (χ1v) is 10.1. The summed E-state index contributed by atoms with van der Waals surface area (Å²) in [4.78, 5) is 5.11. The van der Waals surface area contributed by atoms with Gasteiger partial charge in [0.15, 0.2) is 11.5 Å². The number of rotatable bonds is 3. The first-order valence-electron chi connectivity index (χ1n) is 10.1. The second-order valence-corrected chi connectivity index (χ2v) is 9.25. The van der Waals surface area contributed by atoms with Gasteiger partial charge in [0.25, 0.3) is 0 Å². The Morgan fingerprint density at radius 2 is 1.59 bits per heavy atom. The van der Waals surface area contributed by atoms with E-state index in [1.165, 1.54) is 16.7 Å². The molecule has 0 amide bonds. The third-order valence-corrected chi connectivity index (χ3v) is 5.63. The van der Waals surface area contributed by atoms with Crippen molar-refractivity contribution in [2.45, 2.75) is 51.6 Å². The highest BCUT2D eigenvalue weighted by atomic mass is 16.5. The smallest absolute Gasteiger partial charge is 0.161 e. The number of ether oxygens (including phenoxy) is 2. The Bertz CT molecular complexity index is 1020. The van der Waals surface area contributed by atoms with E-state index in [2.05, 4.69) is 75.5 Å². The third-order valence-electron chi connectivity index (χ3n) is 5.63. The SMILES string of the molecule is COc1cc2c(cc1OC)C(/C=C1\NC(C)(C)Cc3ccccc31)=NC(C)(C)C2. The van der Waals surface area contributed by atoms with Gasteiger partial charge < -0.3 is 14.8 Å². The summed E-state index contributed by atoms with van der Waals surface area (Å²) in [6, 6.07) is 12.8. The van der Waals surface area contributed by atoms with Gasteiger partial charge in [-0.25, -0.2) is 0 Å². The van der Waals surface area contributed by atoms with Crippen LogP contribution in [0.15, 0.2) is 47.5 Å². The molecule has 0 fully saturated rings. The molecule has 0 spiro atoms. The van der Waals surface area contributed by atoms with Crippen LogP contribution in [0.5, 0.6) is 11.5 Å². The van der Waals surface area contributed by atoms with E-state index in [0.29, 0.717) is 0 Å². The Labute approximate surface area is 173 Å². The lowest BCUT2D eigenvalue weighted by Crippen LogP contribution is -2.44. The summed E-state index contributed by atoms with van der Waals surface area (Å²) >= 11 is 0. The van der Waals surface area contributed by atoms with Gasteiger partial charge in [0.2, 0.25) is 0 Å². The molecule has 2 heterocycles. The number of aliphatic imine (C=N–C) groups is 1. The van der Waals surface area contributed by atoms with E-state index in [0.717, 1.165) is 41.3 Å². The van der Waals surface area contributed by atoms with E-state index >= 15 is 0 Å². The zero-order valence-electron chi connectivity index (χ0n) is 18.2. The molecule has 2 aliphatic rings. The largest absolute Gasteiger partial charge is 0.493 e. The molecule has 0 saturated heterocycles. The van der Waals surface area contributed by atoms with Gasteiger partial charge in [-0.3, -0.25) is 4.99 Å². The van der Waals surface area contributed by atoms with Crippen molar-refractivity contribution < 1.29 is 9.47 Å². The number of methoxy groups -OCH3 is 2. The summed E-state index contributed by atoms with van der Waals surface area (Å²) < 4.78 is 11.1. The molecule has 2 aromatic carbocycles. The van der Waals surface area contributed by atoms with Gasteiger partial charge in [0, 0.05) is 22.4 Å². The Kier molecular flexibility index (Phi) is 4.68. The third kappa shape index (κ3) is 3.76. The van der Waals surface area contributed by atoms with Crippen molar-refractivity contribution >= 4 is 11.4 Å². The molecule has 4 heteroatoms. The molecule has 4 rings (SSSR count). The monoisotopic (exact) mass is 390 g/mol. The van der Waals surface area contributed by atoms with Crippen molar-refractivity contribution in [1.29, 1.82) is 0 Å². The summed E-state index contributed by atoms with van der Waals surface area (Å²) in [5.74, 6) is 1.49. The van der Waals surface area contributed by atoms with Gasteiger partial charge in [-0.1, -0.05) is 24.3 Å². The number of fused-ring (bicyclic) bond motifs is 2. The lowest BCUT2D eigenvalue weighted by molar-refractivity contribution is 0.354. The molecule has 1 N–H and O–H groups in total. The first-order chi connectivity index (χ1) is 13.7. The number of nitrogens with zero attached hydrogens (tertiary/aromatic N) is 1. The highest BCUT2D eigenvalue weighted by Gasteiger charge is 2.31. The van der Waals surface area contributed by atoms with Crippen LogP contribution in [0.25, 0.3) is 5.70 Å². The van der Waals surface area contributed by atoms with Crippen LogP contribution in [0.1, 0.15) is 49.9 Å². The van der Waals surface area contributed by atoms with Crippen LogP contribution < -0.4 is 14.8 Å². The zero-order valence-corrected chi connectivity index (χ0v) is 18.2. The molecule has 0 atom stereocenters. The van der Waals surface area contributed by atoms with Crippen LogP contribution >= 0.6 is 0 Å². The van der Waals surface area contributed by atoms with Gasteiger partial charge >= 0.3 is 0 Å². The summed E-state index contributed by atoms with van der Waals surface area (Å²) in [5, 5.41) is 3.73. The van der Waals surface area contributed by atoms with Gasteiger partial charge in [-0.2, -0.15) is 0 Å². The first kappa shape index (κ1) is 19.6. The molecule has 0 radical (unpaired) electrons. The molecule has 0 aliphatic carbocycles. The van der Waals surface area contributed by atoms with E-state index in [-0.39, 0.29) is 11.1 Å². The molecule has 0 aromatic heterocycles. The fourth-order valence-corrected chi connectivity index (χ4v) is 4.45. The minimum Gasteiger partial charge on any atom is -0.493 e. The second kappa shape index (κ2) is 6.94.